The summed E-state index contributed by atoms with van der Waals surface area (Å²) in [5.74, 6) is 1.06. The molecular formula is C14H13BrN4OS. The zero-order valence-electron chi connectivity index (χ0n) is 11.3. The van der Waals surface area contributed by atoms with Crippen molar-refractivity contribution in [2.45, 2.75) is 19.4 Å². The van der Waals surface area contributed by atoms with Gasteiger partial charge in [-0.1, -0.05) is 39.3 Å². The summed E-state index contributed by atoms with van der Waals surface area (Å²) < 4.78 is 6.31. The molecule has 2 heterocycles. The van der Waals surface area contributed by atoms with Gasteiger partial charge in [-0.2, -0.15) is 4.98 Å². The highest BCUT2D eigenvalue weighted by molar-refractivity contribution is 9.10. The minimum Gasteiger partial charge on any atom is -0.332 e. The predicted molar refractivity (Wildman–Crippen MR) is 85.0 cm³/mol. The van der Waals surface area contributed by atoms with E-state index in [-0.39, 0.29) is 6.04 Å². The van der Waals surface area contributed by atoms with Crippen molar-refractivity contribution in [3.05, 3.63) is 50.5 Å². The molecule has 7 heteroatoms. The van der Waals surface area contributed by atoms with Crippen molar-refractivity contribution in [2.75, 3.05) is 0 Å². The minimum atomic E-state index is -0.0913. The molecule has 3 rings (SSSR count). The highest BCUT2D eigenvalue weighted by Gasteiger charge is 2.14. The summed E-state index contributed by atoms with van der Waals surface area (Å²) in [6.45, 7) is 1.90. The van der Waals surface area contributed by atoms with Crippen molar-refractivity contribution in [3.63, 3.8) is 0 Å². The van der Waals surface area contributed by atoms with Crippen LogP contribution in [0.15, 0.2) is 38.6 Å². The number of halogens is 1. The summed E-state index contributed by atoms with van der Waals surface area (Å²) in [5.41, 5.74) is 7.59. The van der Waals surface area contributed by atoms with Gasteiger partial charge in [0.2, 0.25) is 0 Å². The van der Waals surface area contributed by atoms with Gasteiger partial charge in [-0.05, 0) is 18.6 Å². The first-order valence-corrected chi connectivity index (χ1v) is 8.08. The normalized spacial score (nSPS) is 12.5. The lowest BCUT2D eigenvalue weighted by atomic mass is 10.1. The fourth-order valence-electron chi connectivity index (χ4n) is 1.84. The number of benzene rings is 1. The molecule has 5 nitrogen and oxygen atoms in total. The second-order valence-corrected chi connectivity index (χ2v) is 6.39. The molecule has 0 radical (unpaired) electrons. The largest absolute Gasteiger partial charge is 0.332 e. The third kappa shape index (κ3) is 3.20. The molecule has 2 N–H and O–H groups in total. The predicted octanol–water partition coefficient (Wildman–Crippen LogP) is 3.57. The number of aromatic nitrogens is 3. The Hall–Kier alpha value is -1.57. The van der Waals surface area contributed by atoms with E-state index in [4.69, 9.17) is 10.3 Å². The summed E-state index contributed by atoms with van der Waals surface area (Å²) >= 11 is 5.01. The molecule has 2 aromatic heterocycles. The van der Waals surface area contributed by atoms with Gasteiger partial charge in [-0.3, -0.25) is 0 Å². The monoisotopic (exact) mass is 364 g/mol. The van der Waals surface area contributed by atoms with Crippen molar-refractivity contribution < 1.29 is 4.52 Å². The van der Waals surface area contributed by atoms with Crippen LogP contribution in [0.5, 0.6) is 0 Å². The number of nitrogens with two attached hydrogens (primary N) is 1. The average Bonchev–Trinajstić information content (AvgIpc) is 3.10. The van der Waals surface area contributed by atoms with Crippen molar-refractivity contribution in [1.82, 2.24) is 15.1 Å². The molecule has 0 bridgehead atoms. The van der Waals surface area contributed by atoms with Gasteiger partial charge in [0.25, 0.3) is 5.89 Å². The molecule has 0 aliphatic heterocycles. The van der Waals surface area contributed by atoms with Crippen molar-refractivity contribution in [2.24, 2.45) is 5.73 Å². The highest BCUT2D eigenvalue weighted by atomic mass is 79.9. The van der Waals surface area contributed by atoms with Gasteiger partial charge < -0.3 is 10.3 Å². The lowest BCUT2D eigenvalue weighted by Gasteiger charge is -1.99. The summed E-state index contributed by atoms with van der Waals surface area (Å²) in [7, 11) is 0. The maximum Gasteiger partial charge on any atom is 0.277 e. The van der Waals surface area contributed by atoms with Gasteiger partial charge in [-0.25, -0.2) is 4.98 Å². The average molecular weight is 365 g/mol. The van der Waals surface area contributed by atoms with E-state index in [1.165, 1.54) is 11.3 Å². The first-order valence-electron chi connectivity index (χ1n) is 6.41. The maximum atomic E-state index is 5.81. The Labute approximate surface area is 134 Å². The Kier molecular flexibility index (Phi) is 4.14. The second-order valence-electron chi connectivity index (χ2n) is 4.64. The van der Waals surface area contributed by atoms with Gasteiger partial charge in [0, 0.05) is 16.3 Å². The molecule has 0 fully saturated rings. The van der Waals surface area contributed by atoms with Crippen molar-refractivity contribution in [3.8, 4) is 11.6 Å². The van der Waals surface area contributed by atoms with Crippen LogP contribution < -0.4 is 5.73 Å². The minimum absolute atomic E-state index is 0.0913. The Morgan fingerprint density at radius 1 is 1.33 bits per heavy atom. The smallest absolute Gasteiger partial charge is 0.277 e. The first-order chi connectivity index (χ1) is 10.1. The molecule has 0 aliphatic rings. The van der Waals surface area contributed by atoms with Gasteiger partial charge in [-0.15, -0.1) is 11.3 Å². The lowest BCUT2D eigenvalue weighted by Crippen LogP contribution is -2.03. The van der Waals surface area contributed by atoms with E-state index in [9.17, 15) is 0 Å². The van der Waals surface area contributed by atoms with Crippen LogP contribution in [-0.2, 0) is 6.42 Å². The van der Waals surface area contributed by atoms with Crippen molar-refractivity contribution >= 4 is 27.3 Å². The standard InChI is InChI=1S/C14H13BrN4OS/c1-8(16)14-17-11(7-21-14)13-18-12(19-20-13)6-9-4-2-3-5-10(9)15/h2-5,7-8H,6,16H2,1H3. The zero-order valence-corrected chi connectivity index (χ0v) is 13.7. The van der Waals surface area contributed by atoms with E-state index in [2.05, 4.69) is 31.1 Å². The van der Waals surface area contributed by atoms with Crippen LogP contribution >= 0.6 is 27.3 Å². The van der Waals surface area contributed by atoms with E-state index in [1.54, 1.807) is 0 Å². The van der Waals surface area contributed by atoms with E-state index >= 15 is 0 Å². The number of rotatable bonds is 4. The van der Waals surface area contributed by atoms with Gasteiger partial charge in [0.1, 0.15) is 10.7 Å². The van der Waals surface area contributed by atoms with E-state index in [0.717, 1.165) is 15.0 Å². The van der Waals surface area contributed by atoms with Gasteiger partial charge in [0.05, 0.1) is 6.04 Å². The molecule has 0 aliphatic carbocycles. The molecule has 21 heavy (non-hydrogen) atoms. The van der Waals surface area contributed by atoms with E-state index < -0.39 is 0 Å². The Morgan fingerprint density at radius 3 is 2.86 bits per heavy atom. The zero-order chi connectivity index (χ0) is 14.8. The van der Waals surface area contributed by atoms with E-state index in [1.807, 2.05) is 36.6 Å². The molecule has 1 atom stereocenters. The SMILES string of the molecule is CC(N)c1nc(-c2nc(Cc3ccccc3Br)no2)cs1. The molecule has 1 aromatic carbocycles. The summed E-state index contributed by atoms with van der Waals surface area (Å²) in [4.78, 5) is 8.80. The number of nitrogens with zero attached hydrogens (tertiary/aromatic N) is 3. The molecule has 1 unspecified atom stereocenters. The third-order valence-corrected chi connectivity index (χ3v) is 4.72. The first kappa shape index (κ1) is 14.4. The molecule has 3 aromatic rings. The third-order valence-electron chi connectivity index (χ3n) is 2.91. The van der Waals surface area contributed by atoms with Gasteiger partial charge in [0.15, 0.2) is 5.82 Å². The van der Waals surface area contributed by atoms with E-state index in [0.29, 0.717) is 23.8 Å². The second kappa shape index (κ2) is 6.05. The van der Waals surface area contributed by atoms with Crippen LogP contribution in [0.25, 0.3) is 11.6 Å². The molecular weight excluding hydrogens is 352 g/mol. The quantitative estimate of drug-likeness (QED) is 0.765. The molecule has 0 spiro atoms. The number of hydrogen-bond acceptors (Lipinski definition) is 6. The van der Waals surface area contributed by atoms with Crippen LogP contribution in [0.3, 0.4) is 0 Å². The van der Waals surface area contributed by atoms with Gasteiger partial charge >= 0.3 is 0 Å². The number of hydrogen-bond donors (Lipinski definition) is 1. The van der Waals surface area contributed by atoms with Crippen LogP contribution in [0.2, 0.25) is 0 Å². The Morgan fingerprint density at radius 2 is 2.14 bits per heavy atom. The fourth-order valence-corrected chi connectivity index (χ4v) is 3.01. The summed E-state index contributed by atoms with van der Waals surface area (Å²) in [6, 6.07) is 7.88. The molecule has 0 saturated carbocycles. The Bertz CT molecular complexity index is 753. The van der Waals surface area contributed by atoms with Crippen LogP contribution in [-0.4, -0.2) is 15.1 Å². The van der Waals surface area contributed by atoms with Crippen LogP contribution in [0, 0.1) is 0 Å². The molecule has 0 saturated heterocycles. The molecule has 108 valence electrons. The highest BCUT2D eigenvalue weighted by Crippen LogP contribution is 2.24. The topological polar surface area (TPSA) is 77.8 Å². The maximum absolute atomic E-state index is 5.81. The molecule has 0 amide bonds. The lowest BCUT2D eigenvalue weighted by molar-refractivity contribution is 0.422. The number of thiazole rings is 1. The Balaban J connectivity index is 1.81. The van der Waals surface area contributed by atoms with Crippen LogP contribution in [0.4, 0.5) is 0 Å². The summed E-state index contributed by atoms with van der Waals surface area (Å²) in [6.07, 6.45) is 0.606. The van der Waals surface area contributed by atoms with Crippen molar-refractivity contribution in [1.29, 1.82) is 0 Å². The van der Waals surface area contributed by atoms with Crippen LogP contribution in [0.1, 0.15) is 29.4 Å². The summed E-state index contributed by atoms with van der Waals surface area (Å²) in [5, 5.41) is 6.75. The fraction of sp³-hybridized carbons (Fsp3) is 0.214.